The highest BCUT2D eigenvalue weighted by Crippen LogP contribution is 2.36. The van der Waals surface area contributed by atoms with Gasteiger partial charge in [0, 0.05) is 12.0 Å². The Labute approximate surface area is 93.3 Å². The summed E-state index contributed by atoms with van der Waals surface area (Å²) in [6.07, 6.45) is 7.69. The van der Waals surface area contributed by atoms with Crippen LogP contribution in [0.4, 0.5) is 0 Å². The van der Waals surface area contributed by atoms with Crippen LogP contribution < -0.4 is 0 Å². The topological polar surface area (TPSA) is 3.24 Å². The molecule has 0 saturated carbocycles. The molecule has 0 aliphatic heterocycles. The van der Waals surface area contributed by atoms with Crippen LogP contribution in [0.5, 0.6) is 0 Å². The number of nitrogens with zero attached hydrogens (tertiary/aromatic N) is 1. The zero-order valence-electron chi connectivity index (χ0n) is 9.45. The van der Waals surface area contributed by atoms with Gasteiger partial charge in [-0.1, -0.05) is 39.0 Å². The van der Waals surface area contributed by atoms with Crippen molar-refractivity contribution in [1.82, 2.24) is 4.90 Å². The SMILES string of the molecule is CCCN(CC)CC1(C)C=CC=C1S. The summed E-state index contributed by atoms with van der Waals surface area (Å²) in [5, 5.41) is 0. The Morgan fingerprint density at radius 2 is 2.14 bits per heavy atom. The molecular formula is C12H21NS. The molecule has 0 aromatic heterocycles. The fraction of sp³-hybridized carbons (Fsp3) is 0.667. The quantitative estimate of drug-likeness (QED) is 0.684. The van der Waals surface area contributed by atoms with Crippen molar-refractivity contribution in [2.75, 3.05) is 19.6 Å². The fourth-order valence-corrected chi connectivity index (χ4v) is 2.12. The van der Waals surface area contributed by atoms with E-state index in [2.05, 4.69) is 56.5 Å². The van der Waals surface area contributed by atoms with E-state index >= 15 is 0 Å². The van der Waals surface area contributed by atoms with Crippen molar-refractivity contribution in [3.8, 4) is 0 Å². The van der Waals surface area contributed by atoms with Crippen molar-refractivity contribution >= 4 is 12.6 Å². The summed E-state index contributed by atoms with van der Waals surface area (Å²) in [4.78, 5) is 3.67. The van der Waals surface area contributed by atoms with Gasteiger partial charge in [-0.25, -0.2) is 0 Å². The maximum Gasteiger partial charge on any atom is 0.0291 e. The number of thiol groups is 1. The third-order valence-electron chi connectivity index (χ3n) is 2.84. The third-order valence-corrected chi connectivity index (χ3v) is 3.50. The average molecular weight is 211 g/mol. The second-order valence-corrected chi connectivity index (χ2v) is 4.68. The van der Waals surface area contributed by atoms with Gasteiger partial charge in [0.1, 0.15) is 0 Å². The summed E-state index contributed by atoms with van der Waals surface area (Å²) < 4.78 is 0. The molecule has 1 atom stereocenters. The van der Waals surface area contributed by atoms with E-state index in [0.717, 1.165) is 13.1 Å². The van der Waals surface area contributed by atoms with Crippen LogP contribution in [-0.4, -0.2) is 24.5 Å². The van der Waals surface area contributed by atoms with E-state index in [4.69, 9.17) is 0 Å². The maximum absolute atomic E-state index is 4.53. The molecule has 0 aromatic carbocycles. The Balaban J connectivity index is 2.57. The number of allylic oxidation sites excluding steroid dienone is 2. The molecule has 0 aromatic rings. The van der Waals surface area contributed by atoms with E-state index in [1.54, 1.807) is 0 Å². The monoisotopic (exact) mass is 211 g/mol. The van der Waals surface area contributed by atoms with E-state index in [1.807, 2.05) is 0 Å². The molecule has 1 unspecified atom stereocenters. The minimum atomic E-state index is 0.147. The number of hydrogen-bond donors (Lipinski definition) is 1. The predicted octanol–water partition coefficient (Wildman–Crippen LogP) is 3.11. The molecule has 0 fully saturated rings. The van der Waals surface area contributed by atoms with E-state index < -0.39 is 0 Å². The van der Waals surface area contributed by atoms with Gasteiger partial charge in [-0.3, -0.25) is 0 Å². The van der Waals surface area contributed by atoms with Gasteiger partial charge in [-0.2, -0.15) is 0 Å². The predicted molar refractivity (Wildman–Crippen MR) is 66.7 cm³/mol. The summed E-state index contributed by atoms with van der Waals surface area (Å²) in [5.74, 6) is 0. The van der Waals surface area contributed by atoms with Gasteiger partial charge in [0.15, 0.2) is 0 Å². The normalized spacial score (nSPS) is 25.9. The molecule has 0 saturated heterocycles. The Hall–Kier alpha value is -0.210. The molecule has 1 aliphatic rings. The number of hydrogen-bond acceptors (Lipinski definition) is 2. The molecule has 0 radical (unpaired) electrons. The lowest BCUT2D eigenvalue weighted by atomic mass is 9.92. The highest BCUT2D eigenvalue weighted by atomic mass is 32.1. The number of rotatable bonds is 5. The zero-order chi connectivity index (χ0) is 10.6. The molecule has 2 heteroatoms. The van der Waals surface area contributed by atoms with Gasteiger partial charge in [-0.15, -0.1) is 12.6 Å². The van der Waals surface area contributed by atoms with Gasteiger partial charge in [0.25, 0.3) is 0 Å². The van der Waals surface area contributed by atoms with Crippen LogP contribution in [-0.2, 0) is 0 Å². The maximum atomic E-state index is 4.53. The van der Waals surface area contributed by atoms with Crippen LogP contribution in [0.1, 0.15) is 27.2 Å². The first-order valence-corrected chi connectivity index (χ1v) is 5.88. The van der Waals surface area contributed by atoms with Gasteiger partial charge < -0.3 is 4.90 Å². The zero-order valence-corrected chi connectivity index (χ0v) is 10.3. The molecule has 0 spiro atoms. The van der Waals surface area contributed by atoms with Crippen molar-refractivity contribution < 1.29 is 0 Å². The summed E-state index contributed by atoms with van der Waals surface area (Å²) in [5.41, 5.74) is 0.147. The van der Waals surface area contributed by atoms with Crippen LogP contribution in [0.25, 0.3) is 0 Å². The largest absolute Gasteiger partial charge is 0.302 e. The summed E-state index contributed by atoms with van der Waals surface area (Å²) >= 11 is 4.53. The van der Waals surface area contributed by atoms with Crippen LogP contribution >= 0.6 is 12.6 Å². The van der Waals surface area contributed by atoms with Crippen molar-refractivity contribution in [1.29, 1.82) is 0 Å². The Morgan fingerprint density at radius 1 is 1.43 bits per heavy atom. The Bertz CT molecular complexity index is 245. The standard InChI is InChI=1S/C12H21NS/c1-4-9-13(5-2)10-12(3)8-6-7-11(12)14/h6-8,14H,4-5,9-10H2,1-3H3. The summed E-state index contributed by atoms with van der Waals surface area (Å²) in [6, 6.07) is 0. The van der Waals surface area contributed by atoms with Gasteiger partial charge in [-0.05, 0) is 24.4 Å². The fourth-order valence-electron chi connectivity index (χ4n) is 1.89. The molecule has 14 heavy (non-hydrogen) atoms. The molecule has 0 heterocycles. The molecule has 1 rings (SSSR count). The van der Waals surface area contributed by atoms with Gasteiger partial charge >= 0.3 is 0 Å². The molecule has 0 N–H and O–H groups in total. The second kappa shape index (κ2) is 5.04. The van der Waals surface area contributed by atoms with Crippen LogP contribution in [0, 0.1) is 5.41 Å². The van der Waals surface area contributed by atoms with Gasteiger partial charge in [0.2, 0.25) is 0 Å². The van der Waals surface area contributed by atoms with Crippen LogP contribution in [0.2, 0.25) is 0 Å². The molecular weight excluding hydrogens is 190 g/mol. The van der Waals surface area contributed by atoms with E-state index in [0.29, 0.717) is 0 Å². The Kier molecular flexibility index (Phi) is 4.27. The van der Waals surface area contributed by atoms with E-state index in [1.165, 1.54) is 17.9 Å². The van der Waals surface area contributed by atoms with Crippen molar-refractivity contribution in [2.45, 2.75) is 27.2 Å². The lowest BCUT2D eigenvalue weighted by molar-refractivity contribution is 0.235. The highest BCUT2D eigenvalue weighted by molar-refractivity contribution is 7.84. The lowest BCUT2D eigenvalue weighted by Gasteiger charge is -2.31. The first kappa shape index (κ1) is 11.9. The average Bonchev–Trinajstić information content (AvgIpc) is 2.47. The molecule has 1 aliphatic carbocycles. The molecule has 0 bridgehead atoms. The first-order valence-electron chi connectivity index (χ1n) is 5.43. The van der Waals surface area contributed by atoms with E-state index in [9.17, 15) is 0 Å². The van der Waals surface area contributed by atoms with Crippen LogP contribution in [0.3, 0.4) is 0 Å². The first-order chi connectivity index (χ1) is 6.62. The van der Waals surface area contributed by atoms with Crippen molar-refractivity contribution in [2.24, 2.45) is 5.41 Å². The molecule has 1 nitrogen and oxygen atoms in total. The summed E-state index contributed by atoms with van der Waals surface area (Å²) in [7, 11) is 0. The van der Waals surface area contributed by atoms with E-state index in [-0.39, 0.29) is 5.41 Å². The minimum absolute atomic E-state index is 0.147. The minimum Gasteiger partial charge on any atom is -0.302 e. The van der Waals surface area contributed by atoms with Crippen molar-refractivity contribution in [3.63, 3.8) is 0 Å². The van der Waals surface area contributed by atoms with Crippen LogP contribution in [0.15, 0.2) is 23.1 Å². The van der Waals surface area contributed by atoms with Crippen molar-refractivity contribution in [3.05, 3.63) is 23.1 Å². The third kappa shape index (κ3) is 2.64. The highest BCUT2D eigenvalue weighted by Gasteiger charge is 2.28. The molecule has 0 amide bonds. The smallest absolute Gasteiger partial charge is 0.0291 e. The lowest BCUT2D eigenvalue weighted by Crippen LogP contribution is -2.35. The second-order valence-electron chi connectivity index (χ2n) is 4.20. The van der Waals surface area contributed by atoms with Gasteiger partial charge in [0.05, 0.1) is 0 Å². The molecule has 80 valence electrons. The summed E-state index contributed by atoms with van der Waals surface area (Å²) in [6.45, 7) is 10.1. The Morgan fingerprint density at radius 3 is 2.57 bits per heavy atom.